The van der Waals surface area contributed by atoms with Crippen molar-refractivity contribution < 1.29 is 0 Å². The third-order valence-electron chi connectivity index (χ3n) is 2.78. The summed E-state index contributed by atoms with van der Waals surface area (Å²) in [6.45, 7) is 2.08. The van der Waals surface area contributed by atoms with E-state index in [1.807, 2.05) is 18.2 Å². The molecule has 2 N–H and O–H groups in total. The molecule has 0 aliphatic rings. The van der Waals surface area contributed by atoms with Gasteiger partial charge in [-0.2, -0.15) is 0 Å². The van der Waals surface area contributed by atoms with E-state index in [0.29, 0.717) is 0 Å². The minimum atomic E-state index is 0.161. The van der Waals surface area contributed by atoms with Crippen LogP contribution in [0, 0.1) is 0 Å². The molecule has 0 spiro atoms. The van der Waals surface area contributed by atoms with E-state index < -0.39 is 0 Å². The molecule has 0 saturated heterocycles. The molecule has 1 atom stereocenters. The first-order chi connectivity index (χ1) is 9.19. The average Bonchev–Trinajstić information content (AvgIpc) is 2.43. The van der Waals surface area contributed by atoms with Gasteiger partial charge < -0.3 is 5.73 Å². The van der Waals surface area contributed by atoms with E-state index in [1.165, 1.54) is 11.8 Å². The highest BCUT2D eigenvalue weighted by atomic mass is 35.5. The van der Waals surface area contributed by atoms with Crippen LogP contribution in [0.15, 0.2) is 46.7 Å². The smallest absolute Gasteiger partial charge is 0.192 e. The fourth-order valence-corrected chi connectivity index (χ4v) is 2.70. The highest BCUT2D eigenvalue weighted by Crippen LogP contribution is 2.29. The summed E-state index contributed by atoms with van der Waals surface area (Å²) in [6, 6.07) is 7.97. The Labute approximate surface area is 122 Å². The third-order valence-corrected chi connectivity index (χ3v) is 4.02. The molecule has 2 rings (SSSR count). The summed E-state index contributed by atoms with van der Waals surface area (Å²) in [5.74, 6) is 0. The lowest BCUT2D eigenvalue weighted by Gasteiger charge is -2.11. The first-order valence-electron chi connectivity index (χ1n) is 6.18. The van der Waals surface area contributed by atoms with E-state index in [1.54, 1.807) is 18.5 Å². The molecular weight excluding hydrogens is 278 g/mol. The van der Waals surface area contributed by atoms with Crippen LogP contribution in [0.25, 0.3) is 0 Å². The lowest BCUT2D eigenvalue weighted by Crippen LogP contribution is -2.21. The zero-order valence-electron chi connectivity index (χ0n) is 10.7. The van der Waals surface area contributed by atoms with Gasteiger partial charge in [0.25, 0.3) is 0 Å². The summed E-state index contributed by atoms with van der Waals surface area (Å²) in [6.07, 6.45) is 5.21. The standard InChI is InChI=1S/C14H16ClN3S/c1-2-11(16)8-10-4-5-12(9-13(10)15)19-14-17-6-3-7-18-14/h3-7,9,11H,2,8,16H2,1H3. The Morgan fingerprint density at radius 3 is 2.68 bits per heavy atom. The Hall–Kier alpha value is -1.10. The average molecular weight is 294 g/mol. The second-order valence-corrected chi connectivity index (χ2v) is 5.71. The van der Waals surface area contributed by atoms with Gasteiger partial charge in [0.05, 0.1) is 0 Å². The van der Waals surface area contributed by atoms with Gasteiger partial charge in [-0.3, -0.25) is 0 Å². The number of halogens is 1. The Morgan fingerprint density at radius 1 is 1.32 bits per heavy atom. The molecule has 1 unspecified atom stereocenters. The van der Waals surface area contributed by atoms with E-state index >= 15 is 0 Å². The molecule has 100 valence electrons. The van der Waals surface area contributed by atoms with Crippen molar-refractivity contribution in [1.82, 2.24) is 9.97 Å². The van der Waals surface area contributed by atoms with Gasteiger partial charge in [0, 0.05) is 28.4 Å². The fourth-order valence-electron chi connectivity index (χ4n) is 1.63. The Kier molecular flexibility index (Phi) is 5.19. The van der Waals surface area contributed by atoms with Crippen LogP contribution in [0.3, 0.4) is 0 Å². The lowest BCUT2D eigenvalue weighted by atomic mass is 10.1. The number of rotatable bonds is 5. The van der Waals surface area contributed by atoms with Gasteiger partial charge in [0.1, 0.15) is 0 Å². The number of hydrogen-bond acceptors (Lipinski definition) is 4. The van der Waals surface area contributed by atoms with Gasteiger partial charge in [-0.15, -0.1) is 0 Å². The van der Waals surface area contributed by atoms with Crippen LogP contribution in [0.1, 0.15) is 18.9 Å². The maximum Gasteiger partial charge on any atom is 0.192 e. The van der Waals surface area contributed by atoms with Crippen LogP contribution in [-0.2, 0) is 6.42 Å². The van der Waals surface area contributed by atoms with Crippen molar-refractivity contribution in [3.8, 4) is 0 Å². The topological polar surface area (TPSA) is 51.8 Å². The van der Waals surface area contributed by atoms with Crippen molar-refractivity contribution >= 4 is 23.4 Å². The van der Waals surface area contributed by atoms with Gasteiger partial charge in [-0.1, -0.05) is 24.6 Å². The predicted octanol–water partition coefficient (Wildman–Crippen LogP) is 3.56. The van der Waals surface area contributed by atoms with E-state index in [9.17, 15) is 0 Å². The van der Waals surface area contributed by atoms with E-state index in [4.69, 9.17) is 17.3 Å². The predicted molar refractivity (Wildman–Crippen MR) is 79.6 cm³/mol. The summed E-state index contributed by atoms with van der Waals surface area (Å²) in [5.41, 5.74) is 7.04. The molecule has 0 radical (unpaired) electrons. The van der Waals surface area contributed by atoms with Gasteiger partial charge >= 0.3 is 0 Å². The molecule has 0 aliphatic carbocycles. The van der Waals surface area contributed by atoms with Crippen molar-refractivity contribution in [2.45, 2.75) is 35.9 Å². The normalized spacial score (nSPS) is 12.4. The fraction of sp³-hybridized carbons (Fsp3) is 0.286. The van der Waals surface area contributed by atoms with Crippen molar-refractivity contribution in [1.29, 1.82) is 0 Å². The Bertz CT molecular complexity index is 533. The molecular formula is C14H16ClN3S. The van der Waals surface area contributed by atoms with Gasteiger partial charge in [0.2, 0.25) is 0 Å². The number of hydrogen-bond donors (Lipinski definition) is 1. The van der Waals surface area contributed by atoms with E-state index in [-0.39, 0.29) is 6.04 Å². The molecule has 3 nitrogen and oxygen atoms in total. The molecule has 0 bridgehead atoms. The number of aromatic nitrogens is 2. The molecule has 1 aromatic heterocycles. The molecule has 19 heavy (non-hydrogen) atoms. The quantitative estimate of drug-likeness (QED) is 0.857. The van der Waals surface area contributed by atoms with Gasteiger partial charge in [-0.05, 0) is 48.4 Å². The molecule has 2 aromatic rings. The van der Waals surface area contributed by atoms with Crippen LogP contribution in [0.5, 0.6) is 0 Å². The zero-order valence-corrected chi connectivity index (χ0v) is 12.3. The number of benzene rings is 1. The number of nitrogens with zero attached hydrogens (tertiary/aromatic N) is 2. The third kappa shape index (κ3) is 4.20. The molecule has 1 aromatic carbocycles. The first-order valence-corrected chi connectivity index (χ1v) is 7.37. The minimum Gasteiger partial charge on any atom is -0.327 e. The van der Waals surface area contributed by atoms with Crippen LogP contribution in [-0.4, -0.2) is 16.0 Å². The largest absolute Gasteiger partial charge is 0.327 e. The Morgan fingerprint density at radius 2 is 2.05 bits per heavy atom. The maximum atomic E-state index is 6.29. The molecule has 0 amide bonds. The monoisotopic (exact) mass is 293 g/mol. The van der Waals surface area contributed by atoms with Gasteiger partial charge in [0.15, 0.2) is 5.16 Å². The summed E-state index contributed by atoms with van der Waals surface area (Å²) in [7, 11) is 0. The second kappa shape index (κ2) is 6.89. The van der Waals surface area contributed by atoms with Crippen LogP contribution < -0.4 is 5.73 Å². The molecule has 1 heterocycles. The molecule has 0 fully saturated rings. The SMILES string of the molecule is CCC(N)Cc1ccc(Sc2ncccn2)cc1Cl. The summed E-state index contributed by atoms with van der Waals surface area (Å²) < 4.78 is 0. The zero-order chi connectivity index (χ0) is 13.7. The first kappa shape index (κ1) is 14.3. The second-order valence-electron chi connectivity index (χ2n) is 4.26. The maximum absolute atomic E-state index is 6.29. The number of nitrogens with two attached hydrogens (primary N) is 1. The van der Waals surface area contributed by atoms with Gasteiger partial charge in [-0.25, -0.2) is 9.97 Å². The summed E-state index contributed by atoms with van der Waals surface area (Å²) in [5, 5.41) is 1.47. The minimum absolute atomic E-state index is 0.161. The Balaban J connectivity index is 2.10. The van der Waals surface area contributed by atoms with Crippen LogP contribution in [0.2, 0.25) is 5.02 Å². The molecule has 0 aliphatic heterocycles. The van der Waals surface area contributed by atoms with Crippen molar-refractivity contribution in [3.63, 3.8) is 0 Å². The van der Waals surface area contributed by atoms with Crippen molar-refractivity contribution in [2.75, 3.05) is 0 Å². The molecule has 0 saturated carbocycles. The molecule has 5 heteroatoms. The van der Waals surface area contributed by atoms with E-state index in [2.05, 4.69) is 16.9 Å². The summed E-state index contributed by atoms with van der Waals surface area (Å²) >= 11 is 7.78. The highest BCUT2D eigenvalue weighted by Gasteiger charge is 2.07. The van der Waals surface area contributed by atoms with Crippen molar-refractivity contribution in [2.24, 2.45) is 5.73 Å². The van der Waals surface area contributed by atoms with Crippen LogP contribution >= 0.6 is 23.4 Å². The lowest BCUT2D eigenvalue weighted by molar-refractivity contribution is 0.646. The van der Waals surface area contributed by atoms with Crippen LogP contribution in [0.4, 0.5) is 0 Å². The summed E-state index contributed by atoms with van der Waals surface area (Å²) in [4.78, 5) is 9.39. The van der Waals surface area contributed by atoms with Crippen molar-refractivity contribution in [3.05, 3.63) is 47.2 Å². The van der Waals surface area contributed by atoms with E-state index in [0.717, 1.165) is 33.5 Å². The highest BCUT2D eigenvalue weighted by molar-refractivity contribution is 7.99.